The third kappa shape index (κ3) is 3.94. The zero-order valence-electron chi connectivity index (χ0n) is 14.4. The molecule has 3 rings (SSSR count). The van der Waals surface area contributed by atoms with Crippen LogP contribution in [0.3, 0.4) is 0 Å². The smallest absolute Gasteiger partial charge is 0.417 e. The number of benzene rings is 2. The van der Waals surface area contributed by atoms with Gasteiger partial charge in [-0.2, -0.15) is 0 Å². The minimum absolute atomic E-state index is 0.303. The summed E-state index contributed by atoms with van der Waals surface area (Å²) >= 11 is 0. The van der Waals surface area contributed by atoms with Crippen molar-refractivity contribution in [1.82, 2.24) is 4.98 Å². The van der Waals surface area contributed by atoms with Gasteiger partial charge in [-0.25, -0.2) is 4.79 Å². The lowest BCUT2D eigenvalue weighted by atomic mass is 10.2. The highest BCUT2D eigenvalue weighted by molar-refractivity contribution is 6.02. The molecule has 7 nitrogen and oxygen atoms in total. The number of hydrogen-bond donors (Lipinski definition) is 2. The van der Waals surface area contributed by atoms with Gasteiger partial charge in [-0.15, -0.1) is 0 Å². The lowest BCUT2D eigenvalue weighted by molar-refractivity contribution is -0.111. The lowest BCUT2D eigenvalue weighted by Crippen LogP contribution is -2.07. The Kier molecular flexibility index (Phi) is 5.07. The fourth-order valence-electron chi connectivity index (χ4n) is 2.45. The Balaban J connectivity index is 1.71. The van der Waals surface area contributed by atoms with Crippen LogP contribution in [-0.2, 0) is 4.79 Å². The molecule has 0 aliphatic carbocycles. The second-order valence-corrected chi connectivity index (χ2v) is 5.39. The van der Waals surface area contributed by atoms with Crippen molar-refractivity contribution in [1.29, 1.82) is 0 Å². The van der Waals surface area contributed by atoms with E-state index in [9.17, 15) is 9.59 Å². The number of amides is 1. The fraction of sp³-hybridized carbons (Fsp3) is 0.158. The Hall–Kier alpha value is -3.48. The van der Waals surface area contributed by atoms with Gasteiger partial charge in [-0.3, -0.25) is 9.78 Å². The molecule has 0 bridgehead atoms. The number of carbonyl (C=O) groups excluding carboxylic acids is 1. The number of ether oxygens (including phenoxy) is 2. The van der Waals surface area contributed by atoms with Crippen LogP contribution in [0.1, 0.15) is 12.5 Å². The number of carbonyl (C=O) groups is 1. The van der Waals surface area contributed by atoms with Crippen molar-refractivity contribution in [3.05, 3.63) is 58.6 Å². The first-order valence-electron chi connectivity index (χ1n) is 8.02. The monoisotopic (exact) mass is 354 g/mol. The van der Waals surface area contributed by atoms with Crippen molar-refractivity contribution in [2.75, 3.05) is 19.0 Å². The molecule has 3 aromatic rings. The molecule has 0 aliphatic heterocycles. The Morgan fingerprint density at radius 3 is 2.85 bits per heavy atom. The van der Waals surface area contributed by atoms with Crippen LogP contribution in [-0.4, -0.2) is 24.6 Å². The predicted molar refractivity (Wildman–Crippen MR) is 98.7 cm³/mol. The van der Waals surface area contributed by atoms with Gasteiger partial charge in [0.2, 0.25) is 5.91 Å². The van der Waals surface area contributed by atoms with E-state index in [1.54, 1.807) is 43.5 Å². The van der Waals surface area contributed by atoms with Crippen LogP contribution in [0, 0.1) is 0 Å². The summed E-state index contributed by atoms with van der Waals surface area (Å²) in [6.07, 6.45) is 3.09. The van der Waals surface area contributed by atoms with Crippen LogP contribution in [0.2, 0.25) is 0 Å². The van der Waals surface area contributed by atoms with Crippen LogP contribution in [0.15, 0.2) is 51.7 Å². The van der Waals surface area contributed by atoms with Crippen molar-refractivity contribution in [2.24, 2.45) is 0 Å². The van der Waals surface area contributed by atoms with Crippen molar-refractivity contribution in [2.45, 2.75) is 6.92 Å². The first-order chi connectivity index (χ1) is 12.6. The molecule has 1 amide bonds. The van der Waals surface area contributed by atoms with Gasteiger partial charge in [-0.05, 0) is 48.9 Å². The van der Waals surface area contributed by atoms with E-state index < -0.39 is 5.76 Å². The standard InChI is InChI=1S/C19H18N2O5/c1-3-25-16-7-4-12(10-17(16)24-2)5-9-18(22)20-13-6-8-15-14(11-13)21-19(23)26-15/h4-11H,3H2,1-2H3,(H,20,22)(H,21,23)/b9-5+. The summed E-state index contributed by atoms with van der Waals surface area (Å²) in [6.45, 7) is 2.44. The molecule has 0 saturated carbocycles. The van der Waals surface area contributed by atoms with Gasteiger partial charge in [0.1, 0.15) is 0 Å². The molecule has 0 radical (unpaired) electrons. The summed E-state index contributed by atoms with van der Waals surface area (Å²) in [7, 11) is 1.56. The number of aromatic amines is 1. The van der Waals surface area contributed by atoms with Gasteiger partial charge in [-0.1, -0.05) is 6.07 Å². The Bertz CT molecular complexity index is 1020. The molecular formula is C19H18N2O5. The van der Waals surface area contributed by atoms with Gasteiger partial charge < -0.3 is 19.2 Å². The van der Waals surface area contributed by atoms with Gasteiger partial charge >= 0.3 is 5.76 Å². The van der Waals surface area contributed by atoms with E-state index in [1.165, 1.54) is 6.08 Å². The highest BCUT2D eigenvalue weighted by Crippen LogP contribution is 2.28. The average Bonchev–Trinajstić information content (AvgIpc) is 3.00. The van der Waals surface area contributed by atoms with Crippen LogP contribution in [0.5, 0.6) is 11.5 Å². The summed E-state index contributed by atoms with van der Waals surface area (Å²) in [5.41, 5.74) is 2.31. The van der Waals surface area contributed by atoms with Crippen molar-refractivity contribution >= 4 is 28.8 Å². The molecule has 26 heavy (non-hydrogen) atoms. The molecule has 0 unspecified atom stereocenters. The van der Waals surface area contributed by atoms with E-state index in [-0.39, 0.29) is 5.91 Å². The number of nitrogens with one attached hydrogen (secondary N) is 2. The van der Waals surface area contributed by atoms with Crippen molar-refractivity contribution < 1.29 is 18.7 Å². The maximum Gasteiger partial charge on any atom is 0.417 e. The number of methoxy groups -OCH3 is 1. The molecule has 1 heterocycles. The van der Waals surface area contributed by atoms with Crippen LogP contribution < -0.4 is 20.5 Å². The molecule has 0 atom stereocenters. The topological polar surface area (TPSA) is 93.6 Å². The minimum atomic E-state index is -0.534. The number of hydrogen-bond acceptors (Lipinski definition) is 5. The lowest BCUT2D eigenvalue weighted by Gasteiger charge is -2.09. The molecule has 7 heteroatoms. The zero-order chi connectivity index (χ0) is 18.5. The number of fused-ring (bicyclic) bond motifs is 1. The van der Waals surface area contributed by atoms with Crippen LogP contribution in [0.25, 0.3) is 17.2 Å². The van der Waals surface area contributed by atoms with Crippen molar-refractivity contribution in [3.63, 3.8) is 0 Å². The van der Waals surface area contributed by atoms with Gasteiger partial charge in [0.25, 0.3) is 0 Å². The first kappa shape index (κ1) is 17.3. The Morgan fingerprint density at radius 1 is 1.23 bits per heavy atom. The molecule has 134 valence electrons. The van der Waals surface area contributed by atoms with E-state index >= 15 is 0 Å². The number of H-pyrrole nitrogens is 1. The van der Waals surface area contributed by atoms with Gasteiger partial charge in [0.05, 0.1) is 19.2 Å². The SMILES string of the molecule is CCOc1ccc(/C=C/C(=O)Nc2ccc3oc(=O)[nH]c3c2)cc1OC. The maximum absolute atomic E-state index is 12.1. The number of aromatic nitrogens is 1. The largest absolute Gasteiger partial charge is 0.493 e. The summed E-state index contributed by atoms with van der Waals surface area (Å²) in [6, 6.07) is 10.3. The summed E-state index contributed by atoms with van der Waals surface area (Å²) < 4.78 is 15.7. The summed E-state index contributed by atoms with van der Waals surface area (Å²) in [5.74, 6) is 0.415. The molecule has 0 saturated heterocycles. The second-order valence-electron chi connectivity index (χ2n) is 5.39. The average molecular weight is 354 g/mol. The number of rotatable bonds is 6. The van der Waals surface area contributed by atoms with Crippen LogP contribution in [0.4, 0.5) is 5.69 Å². The Labute approximate surface area is 149 Å². The highest BCUT2D eigenvalue weighted by Gasteiger charge is 2.06. The van der Waals surface area contributed by atoms with Gasteiger partial charge in [0.15, 0.2) is 17.1 Å². The predicted octanol–water partition coefficient (Wildman–Crippen LogP) is 3.18. The zero-order valence-corrected chi connectivity index (χ0v) is 14.4. The molecule has 0 aliphatic rings. The second kappa shape index (κ2) is 7.60. The maximum atomic E-state index is 12.1. The fourth-order valence-corrected chi connectivity index (χ4v) is 2.45. The molecule has 1 aromatic heterocycles. The van der Waals surface area contributed by atoms with Crippen molar-refractivity contribution in [3.8, 4) is 11.5 Å². The normalized spacial score (nSPS) is 11.0. The van der Waals surface area contributed by atoms with Gasteiger partial charge in [0, 0.05) is 11.8 Å². The van der Waals surface area contributed by atoms with E-state index in [2.05, 4.69) is 10.3 Å². The first-order valence-corrected chi connectivity index (χ1v) is 8.02. The number of oxazole rings is 1. The van der Waals surface area contributed by atoms with E-state index in [1.807, 2.05) is 13.0 Å². The van der Waals surface area contributed by atoms with E-state index in [4.69, 9.17) is 13.9 Å². The van der Waals surface area contributed by atoms with E-state index in [0.29, 0.717) is 34.9 Å². The molecule has 0 fully saturated rings. The number of anilines is 1. The molecule has 2 N–H and O–H groups in total. The molecule has 0 spiro atoms. The third-order valence-electron chi connectivity index (χ3n) is 3.60. The minimum Gasteiger partial charge on any atom is -0.493 e. The molecular weight excluding hydrogens is 336 g/mol. The van der Waals surface area contributed by atoms with E-state index in [0.717, 1.165) is 5.56 Å². The quantitative estimate of drug-likeness (QED) is 0.663. The van der Waals surface area contributed by atoms with Crippen LogP contribution >= 0.6 is 0 Å². The third-order valence-corrected chi connectivity index (χ3v) is 3.60. The summed E-state index contributed by atoms with van der Waals surface area (Å²) in [5, 5.41) is 2.73. The summed E-state index contributed by atoms with van der Waals surface area (Å²) in [4.78, 5) is 25.8. The Morgan fingerprint density at radius 2 is 2.08 bits per heavy atom. The highest BCUT2D eigenvalue weighted by atomic mass is 16.5. The molecule has 2 aromatic carbocycles.